The van der Waals surface area contributed by atoms with Crippen LogP contribution in [0, 0.1) is 17.0 Å². The Morgan fingerprint density at radius 1 is 1.19 bits per heavy atom. The summed E-state index contributed by atoms with van der Waals surface area (Å²) in [5.41, 5.74) is 1.78. The standard InChI is InChI=1S/C19H13N3O4S/c1-11-5-2-3-7-14(11)20-19-21-15(10-27-19)13-9-12-6-4-8-16(22(24)25)17(12)26-18(13)23/h2-10H,1H3,(H,20,21). The van der Waals surface area contributed by atoms with Crippen molar-refractivity contribution in [2.24, 2.45) is 0 Å². The highest BCUT2D eigenvalue weighted by atomic mass is 32.1. The van der Waals surface area contributed by atoms with Gasteiger partial charge in [-0.05, 0) is 24.6 Å². The molecule has 8 heteroatoms. The van der Waals surface area contributed by atoms with Gasteiger partial charge in [-0.2, -0.15) is 0 Å². The average molecular weight is 379 g/mol. The molecule has 0 saturated heterocycles. The molecule has 0 unspecified atom stereocenters. The SMILES string of the molecule is Cc1ccccc1Nc1nc(-c2cc3cccc([N+](=O)[O-])c3oc2=O)cs1. The van der Waals surface area contributed by atoms with Gasteiger partial charge in [-0.25, -0.2) is 9.78 Å². The van der Waals surface area contributed by atoms with E-state index in [1.807, 2.05) is 31.2 Å². The molecule has 7 nitrogen and oxygen atoms in total. The van der Waals surface area contributed by atoms with Crippen molar-refractivity contribution in [1.82, 2.24) is 4.98 Å². The Labute approximate surface area is 157 Å². The maximum absolute atomic E-state index is 12.4. The van der Waals surface area contributed by atoms with Crippen LogP contribution in [-0.2, 0) is 0 Å². The molecule has 0 atom stereocenters. The van der Waals surface area contributed by atoms with Crippen molar-refractivity contribution in [3.8, 4) is 11.3 Å². The summed E-state index contributed by atoms with van der Waals surface area (Å²) in [7, 11) is 0. The van der Waals surface area contributed by atoms with Gasteiger partial charge in [0.15, 0.2) is 5.13 Å². The number of nitro groups is 1. The molecule has 2 heterocycles. The quantitative estimate of drug-likeness (QED) is 0.308. The number of nitrogens with one attached hydrogen (secondary N) is 1. The van der Waals surface area contributed by atoms with E-state index in [9.17, 15) is 14.9 Å². The normalized spacial score (nSPS) is 10.9. The zero-order chi connectivity index (χ0) is 19.0. The largest absolute Gasteiger partial charge is 0.415 e. The Kier molecular flexibility index (Phi) is 4.17. The van der Waals surface area contributed by atoms with E-state index in [-0.39, 0.29) is 16.8 Å². The fourth-order valence-electron chi connectivity index (χ4n) is 2.73. The summed E-state index contributed by atoms with van der Waals surface area (Å²) >= 11 is 1.36. The van der Waals surface area contributed by atoms with Crippen LogP contribution in [0.1, 0.15) is 5.56 Å². The van der Waals surface area contributed by atoms with Crippen molar-refractivity contribution in [3.05, 3.63) is 80.0 Å². The van der Waals surface area contributed by atoms with Gasteiger partial charge >= 0.3 is 11.3 Å². The number of thiazole rings is 1. The van der Waals surface area contributed by atoms with Crippen LogP contribution in [0.3, 0.4) is 0 Å². The first kappa shape index (κ1) is 16.9. The number of aryl methyl sites for hydroxylation is 1. The Morgan fingerprint density at radius 2 is 2.00 bits per heavy atom. The first-order valence-corrected chi connectivity index (χ1v) is 8.91. The predicted molar refractivity (Wildman–Crippen MR) is 105 cm³/mol. The number of para-hydroxylation sites is 2. The predicted octanol–water partition coefficient (Wildman–Crippen LogP) is 4.88. The van der Waals surface area contributed by atoms with Crippen LogP contribution in [0.5, 0.6) is 0 Å². The zero-order valence-corrected chi connectivity index (χ0v) is 14.9. The van der Waals surface area contributed by atoms with E-state index < -0.39 is 10.5 Å². The number of rotatable bonds is 4. The third-order valence-electron chi connectivity index (χ3n) is 4.10. The molecule has 0 aliphatic carbocycles. The highest BCUT2D eigenvalue weighted by Gasteiger charge is 2.18. The second kappa shape index (κ2) is 6.65. The van der Waals surface area contributed by atoms with E-state index in [2.05, 4.69) is 10.3 Å². The minimum atomic E-state index is -0.662. The summed E-state index contributed by atoms with van der Waals surface area (Å²) in [5.74, 6) is 0. The number of aromatic nitrogens is 1. The van der Waals surface area contributed by atoms with Crippen molar-refractivity contribution in [2.45, 2.75) is 6.92 Å². The minimum Gasteiger partial charge on any atom is -0.415 e. The van der Waals surface area contributed by atoms with Crippen molar-refractivity contribution in [1.29, 1.82) is 0 Å². The molecule has 2 aromatic carbocycles. The summed E-state index contributed by atoms with van der Waals surface area (Å²) in [5, 5.41) is 17.2. The van der Waals surface area contributed by atoms with E-state index >= 15 is 0 Å². The molecule has 0 fully saturated rings. The number of hydrogen-bond donors (Lipinski definition) is 1. The van der Waals surface area contributed by atoms with Crippen LogP contribution in [-0.4, -0.2) is 9.91 Å². The van der Waals surface area contributed by atoms with Crippen LogP contribution in [0.15, 0.2) is 63.1 Å². The second-order valence-corrected chi connectivity index (χ2v) is 6.74. The number of benzene rings is 2. The van der Waals surface area contributed by atoms with E-state index in [4.69, 9.17) is 4.42 Å². The highest BCUT2D eigenvalue weighted by Crippen LogP contribution is 2.30. The molecule has 0 amide bonds. The molecular weight excluding hydrogens is 366 g/mol. The first-order chi connectivity index (χ1) is 13.0. The van der Waals surface area contributed by atoms with Crippen molar-refractivity contribution < 1.29 is 9.34 Å². The Bertz CT molecular complexity index is 1230. The van der Waals surface area contributed by atoms with Crippen LogP contribution < -0.4 is 10.9 Å². The van der Waals surface area contributed by atoms with Gasteiger partial charge < -0.3 is 9.73 Å². The minimum absolute atomic E-state index is 0.0373. The molecule has 0 spiro atoms. The van der Waals surface area contributed by atoms with Gasteiger partial charge in [0.1, 0.15) is 0 Å². The number of nitro benzene ring substituents is 1. The van der Waals surface area contributed by atoms with Gasteiger partial charge in [0, 0.05) is 22.5 Å². The third-order valence-corrected chi connectivity index (χ3v) is 4.86. The monoisotopic (exact) mass is 379 g/mol. The second-order valence-electron chi connectivity index (χ2n) is 5.88. The smallest absolute Gasteiger partial charge is 0.346 e. The van der Waals surface area contributed by atoms with Gasteiger partial charge in [-0.1, -0.05) is 30.3 Å². The lowest BCUT2D eigenvalue weighted by atomic mass is 10.1. The number of nitrogens with zero attached hydrogens (tertiary/aromatic N) is 2. The van der Waals surface area contributed by atoms with Gasteiger partial charge in [0.05, 0.1) is 16.2 Å². The lowest BCUT2D eigenvalue weighted by molar-refractivity contribution is -0.383. The molecule has 4 aromatic rings. The molecule has 0 radical (unpaired) electrons. The summed E-state index contributed by atoms with van der Waals surface area (Å²) < 4.78 is 5.23. The van der Waals surface area contributed by atoms with Gasteiger partial charge in [-0.3, -0.25) is 10.1 Å². The van der Waals surface area contributed by atoms with Crippen molar-refractivity contribution in [2.75, 3.05) is 5.32 Å². The number of non-ortho nitro benzene ring substituents is 1. The van der Waals surface area contributed by atoms with Crippen LogP contribution >= 0.6 is 11.3 Å². The summed E-state index contributed by atoms with van der Waals surface area (Å²) in [6.45, 7) is 1.99. The fraction of sp³-hybridized carbons (Fsp3) is 0.0526. The lowest BCUT2D eigenvalue weighted by Crippen LogP contribution is -2.04. The first-order valence-electron chi connectivity index (χ1n) is 8.03. The topological polar surface area (TPSA) is 98.3 Å². The molecular formula is C19H13N3O4S. The highest BCUT2D eigenvalue weighted by molar-refractivity contribution is 7.14. The zero-order valence-electron chi connectivity index (χ0n) is 14.1. The molecule has 0 aliphatic rings. The van der Waals surface area contributed by atoms with Gasteiger partial charge in [-0.15, -0.1) is 11.3 Å². The lowest BCUT2D eigenvalue weighted by Gasteiger charge is -2.05. The molecule has 1 N–H and O–H groups in total. The molecule has 0 saturated carbocycles. The summed E-state index contributed by atoms with van der Waals surface area (Å²) in [6, 6.07) is 13.9. The average Bonchev–Trinajstić information content (AvgIpc) is 3.11. The van der Waals surface area contributed by atoms with E-state index in [1.54, 1.807) is 23.6 Å². The maximum Gasteiger partial charge on any atom is 0.346 e. The van der Waals surface area contributed by atoms with Crippen LogP contribution in [0.2, 0.25) is 0 Å². The Hall–Kier alpha value is -3.52. The molecule has 134 valence electrons. The number of fused-ring (bicyclic) bond motifs is 1. The van der Waals surface area contributed by atoms with Gasteiger partial charge in [0.25, 0.3) is 0 Å². The molecule has 4 rings (SSSR count). The van der Waals surface area contributed by atoms with E-state index in [0.717, 1.165) is 11.3 Å². The Morgan fingerprint density at radius 3 is 2.78 bits per heavy atom. The summed E-state index contributed by atoms with van der Waals surface area (Å²) in [6.07, 6.45) is 0. The fourth-order valence-corrected chi connectivity index (χ4v) is 3.46. The number of anilines is 2. The molecule has 0 aliphatic heterocycles. The number of hydrogen-bond acceptors (Lipinski definition) is 7. The Balaban J connectivity index is 1.74. The maximum atomic E-state index is 12.4. The molecule has 27 heavy (non-hydrogen) atoms. The summed E-state index contributed by atoms with van der Waals surface area (Å²) in [4.78, 5) is 27.4. The van der Waals surface area contributed by atoms with Crippen molar-refractivity contribution >= 4 is 38.8 Å². The third kappa shape index (κ3) is 3.18. The molecule has 0 bridgehead atoms. The van der Waals surface area contributed by atoms with E-state index in [0.29, 0.717) is 16.2 Å². The van der Waals surface area contributed by atoms with E-state index in [1.165, 1.54) is 17.4 Å². The van der Waals surface area contributed by atoms with Crippen molar-refractivity contribution in [3.63, 3.8) is 0 Å². The molecule has 2 aromatic heterocycles. The van der Waals surface area contributed by atoms with Crippen LogP contribution in [0.25, 0.3) is 22.2 Å². The van der Waals surface area contributed by atoms with Gasteiger partial charge in [0.2, 0.25) is 5.58 Å². The van der Waals surface area contributed by atoms with Crippen LogP contribution in [0.4, 0.5) is 16.5 Å².